The van der Waals surface area contributed by atoms with Gasteiger partial charge in [-0.3, -0.25) is 4.98 Å². The fourth-order valence-corrected chi connectivity index (χ4v) is 3.24. The van der Waals surface area contributed by atoms with Gasteiger partial charge in [-0.05, 0) is 30.6 Å². The predicted molar refractivity (Wildman–Crippen MR) is 96.9 cm³/mol. The summed E-state index contributed by atoms with van der Waals surface area (Å²) in [5.41, 5.74) is 3.55. The Morgan fingerprint density at radius 2 is 1.57 bits per heavy atom. The van der Waals surface area contributed by atoms with Crippen molar-refractivity contribution in [2.24, 2.45) is 0 Å². The second-order valence-corrected chi connectivity index (χ2v) is 6.22. The SMILES string of the molecule is CN1CCN(c2ccc(-c3nccc4ccccc34)cc2)CC1. The van der Waals surface area contributed by atoms with Crippen LogP contribution in [0.15, 0.2) is 60.8 Å². The highest BCUT2D eigenvalue weighted by molar-refractivity contribution is 5.94. The quantitative estimate of drug-likeness (QED) is 0.720. The number of hydrogen-bond donors (Lipinski definition) is 0. The van der Waals surface area contributed by atoms with Gasteiger partial charge in [0.05, 0.1) is 5.69 Å². The number of pyridine rings is 1. The minimum Gasteiger partial charge on any atom is -0.369 e. The van der Waals surface area contributed by atoms with Crippen molar-refractivity contribution in [3.63, 3.8) is 0 Å². The molecule has 0 amide bonds. The third kappa shape index (κ3) is 2.80. The maximum Gasteiger partial charge on any atom is 0.0780 e. The molecule has 116 valence electrons. The molecule has 0 unspecified atom stereocenters. The molecule has 3 aromatic rings. The first kappa shape index (κ1) is 14.2. The van der Waals surface area contributed by atoms with E-state index in [1.165, 1.54) is 22.0 Å². The van der Waals surface area contributed by atoms with Gasteiger partial charge in [-0.15, -0.1) is 0 Å². The monoisotopic (exact) mass is 303 g/mol. The molecule has 0 radical (unpaired) electrons. The summed E-state index contributed by atoms with van der Waals surface area (Å²) in [4.78, 5) is 9.45. The Kier molecular flexibility index (Phi) is 3.72. The molecule has 2 heterocycles. The Balaban J connectivity index is 1.65. The Morgan fingerprint density at radius 1 is 0.826 bits per heavy atom. The summed E-state index contributed by atoms with van der Waals surface area (Å²) < 4.78 is 0. The molecule has 2 aromatic carbocycles. The van der Waals surface area contributed by atoms with Gasteiger partial charge in [0.25, 0.3) is 0 Å². The van der Waals surface area contributed by atoms with Crippen LogP contribution in [0, 0.1) is 0 Å². The Bertz CT molecular complexity index is 797. The van der Waals surface area contributed by atoms with E-state index in [4.69, 9.17) is 0 Å². The van der Waals surface area contributed by atoms with Crippen molar-refractivity contribution in [3.8, 4) is 11.3 Å². The molecule has 1 saturated heterocycles. The molecule has 3 nitrogen and oxygen atoms in total. The number of benzene rings is 2. The summed E-state index contributed by atoms with van der Waals surface area (Å²) in [7, 11) is 2.19. The van der Waals surface area contributed by atoms with Gasteiger partial charge in [0, 0.05) is 49.0 Å². The number of hydrogen-bond acceptors (Lipinski definition) is 3. The largest absolute Gasteiger partial charge is 0.369 e. The second kappa shape index (κ2) is 6.01. The van der Waals surface area contributed by atoms with Crippen LogP contribution in [0.4, 0.5) is 5.69 Å². The minimum absolute atomic E-state index is 1.06. The lowest BCUT2D eigenvalue weighted by Crippen LogP contribution is -2.44. The number of anilines is 1. The van der Waals surface area contributed by atoms with Crippen LogP contribution in [0.5, 0.6) is 0 Å². The molecule has 23 heavy (non-hydrogen) atoms. The van der Waals surface area contributed by atoms with Gasteiger partial charge in [-0.2, -0.15) is 0 Å². The molecule has 1 fully saturated rings. The molecule has 1 aliphatic rings. The summed E-state index contributed by atoms with van der Waals surface area (Å²) in [5.74, 6) is 0. The number of rotatable bonds is 2. The van der Waals surface area contributed by atoms with E-state index in [-0.39, 0.29) is 0 Å². The maximum atomic E-state index is 4.61. The number of likely N-dealkylation sites (N-methyl/N-ethyl adjacent to an activating group) is 1. The Labute approximate surface area is 137 Å². The van der Waals surface area contributed by atoms with Gasteiger partial charge >= 0.3 is 0 Å². The molecule has 0 N–H and O–H groups in total. The minimum atomic E-state index is 1.06. The van der Waals surface area contributed by atoms with Crippen molar-refractivity contribution < 1.29 is 0 Å². The van der Waals surface area contributed by atoms with E-state index < -0.39 is 0 Å². The molecule has 0 saturated carbocycles. The number of nitrogens with zero attached hydrogens (tertiary/aromatic N) is 3. The maximum absolute atomic E-state index is 4.61. The second-order valence-electron chi connectivity index (χ2n) is 6.22. The van der Waals surface area contributed by atoms with Crippen LogP contribution < -0.4 is 4.90 Å². The highest BCUT2D eigenvalue weighted by Crippen LogP contribution is 2.28. The van der Waals surface area contributed by atoms with Gasteiger partial charge in [0.2, 0.25) is 0 Å². The third-order valence-electron chi connectivity index (χ3n) is 4.68. The van der Waals surface area contributed by atoms with Crippen LogP contribution in [0.3, 0.4) is 0 Å². The fraction of sp³-hybridized carbons (Fsp3) is 0.250. The van der Waals surface area contributed by atoms with Gasteiger partial charge < -0.3 is 9.80 Å². The standard InChI is InChI=1S/C20H21N3/c1-22-12-14-23(15-13-22)18-8-6-17(7-9-18)20-19-5-3-2-4-16(19)10-11-21-20/h2-11H,12-15H2,1H3. The number of fused-ring (bicyclic) bond motifs is 1. The molecule has 4 rings (SSSR count). The molecular formula is C20H21N3. The highest BCUT2D eigenvalue weighted by Gasteiger charge is 2.14. The van der Waals surface area contributed by atoms with Crippen molar-refractivity contribution >= 4 is 16.5 Å². The van der Waals surface area contributed by atoms with Crippen LogP contribution in [0.2, 0.25) is 0 Å². The molecule has 0 bridgehead atoms. The van der Waals surface area contributed by atoms with E-state index in [2.05, 4.69) is 76.4 Å². The normalized spacial score (nSPS) is 16.0. The molecule has 3 heteroatoms. The van der Waals surface area contributed by atoms with E-state index in [1.807, 2.05) is 6.20 Å². The molecule has 1 aromatic heterocycles. The van der Waals surface area contributed by atoms with E-state index in [9.17, 15) is 0 Å². The van der Waals surface area contributed by atoms with Gasteiger partial charge in [0.1, 0.15) is 0 Å². The number of aromatic nitrogens is 1. The van der Waals surface area contributed by atoms with Crippen LogP contribution >= 0.6 is 0 Å². The lowest BCUT2D eigenvalue weighted by molar-refractivity contribution is 0.313. The number of piperazine rings is 1. The molecule has 0 spiro atoms. The van der Waals surface area contributed by atoms with Crippen LogP contribution in [0.25, 0.3) is 22.0 Å². The van der Waals surface area contributed by atoms with Crippen LogP contribution in [-0.2, 0) is 0 Å². The average Bonchev–Trinajstić information content (AvgIpc) is 2.62. The van der Waals surface area contributed by atoms with Crippen molar-refractivity contribution in [1.29, 1.82) is 0 Å². The fourth-order valence-electron chi connectivity index (χ4n) is 3.24. The van der Waals surface area contributed by atoms with Crippen molar-refractivity contribution in [3.05, 3.63) is 60.8 Å². The summed E-state index contributed by atoms with van der Waals surface area (Å²) in [6, 6.07) is 19.3. The molecule has 1 aliphatic heterocycles. The zero-order valence-electron chi connectivity index (χ0n) is 13.4. The lowest BCUT2D eigenvalue weighted by atomic mass is 10.0. The zero-order valence-corrected chi connectivity index (χ0v) is 13.4. The van der Waals surface area contributed by atoms with Crippen molar-refractivity contribution in [2.45, 2.75) is 0 Å². The van der Waals surface area contributed by atoms with Crippen LogP contribution in [0.1, 0.15) is 0 Å². The molecule has 0 atom stereocenters. The first-order valence-electron chi connectivity index (χ1n) is 8.19. The summed E-state index contributed by atoms with van der Waals surface area (Å²) in [5, 5.41) is 2.45. The van der Waals surface area contributed by atoms with Gasteiger partial charge in [-0.1, -0.05) is 36.4 Å². The highest BCUT2D eigenvalue weighted by atomic mass is 15.2. The lowest BCUT2D eigenvalue weighted by Gasteiger charge is -2.34. The van der Waals surface area contributed by atoms with Crippen LogP contribution in [-0.4, -0.2) is 43.1 Å². The summed E-state index contributed by atoms with van der Waals surface area (Å²) in [6.07, 6.45) is 1.89. The third-order valence-corrected chi connectivity index (χ3v) is 4.68. The topological polar surface area (TPSA) is 19.4 Å². The first-order chi connectivity index (χ1) is 11.3. The van der Waals surface area contributed by atoms with Crippen molar-refractivity contribution in [1.82, 2.24) is 9.88 Å². The van der Waals surface area contributed by atoms with E-state index in [1.54, 1.807) is 0 Å². The van der Waals surface area contributed by atoms with Gasteiger partial charge in [0.15, 0.2) is 0 Å². The van der Waals surface area contributed by atoms with Gasteiger partial charge in [-0.25, -0.2) is 0 Å². The smallest absolute Gasteiger partial charge is 0.0780 e. The molecular weight excluding hydrogens is 282 g/mol. The Hall–Kier alpha value is -2.39. The predicted octanol–water partition coefficient (Wildman–Crippen LogP) is 3.65. The first-order valence-corrected chi connectivity index (χ1v) is 8.19. The van der Waals surface area contributed by atoms with Crippen molar-refractivity contribution in [2.75, 3.05) is 38.1 Å². The zero-order chi connectivity index (χ0) is 15.6. The van der Waals surface area contributed by atoms with E-state index in [0.717, 1.165) is 31.9 Å². The molecule has 0 aliphatic carbocycles. The summed E-state index contributed by atoms with van der Waals surface area (Å²) in [6.45, 7) is 4.46. The average molecular weight is 303 g/mol. The van der Waals surface area contributed by atoms with E-state index >= 15 is 0 Å². The summed E-state index contributed by atoms with van der Waals surface area (Å²) >= 11 is 0. The van der Waals surface area contributed by atoms with E-state index in [0.29, 0.717) is 0 Å². The Morgan fingerprint density at radius 3 is 2.35 bits per heavy atom.